The minimum absolute atomic E-state index is 0.123. The van der Waals surface area contributed by atoms with E-state index in [1.165, 1.54) is 25.1 Å². The first kappa shape index (κ1) is 26.6. The molecule has 0 bridgehead atoms. The molecule has 0 amide bonds. The van der Waals surface area contributed by atoms with Crippen LogP contribution < -0.4 is 5.73 Å². The molecule has 176 valence electrons. The van der Waals surface area contributed by atoms with Crippen LogP contribution in [0.1, 0.15) is 46.1 Å². The van der Waals surface area contributed by atoms with E-state index in [9.17, 15) is 13.2 Å². The fourth-order valence-corrected chi connectivity index (χ4v) is 3.32. The van der Waals surface area contributed by atoms with Crippen LogP contribution in [0.15, 0.2) is 36.7 Å². The second-order valence-electron chi connectivity index (χ2n) is 9.01. The molecule has 3 nitrogen and oxygen atoms in total. The van der Waals surface area contributed by atoms with Gasteiger partial charge in [0.2, 0.25) is 6.43 Å². The van der Waals surface area contributed by atoms with Gasteiger partial charge in [0.05, 0.1) is 5.02 Å². The van der Waals surface area contributed by atoms with Crippen LogP contribution in [0, 0.1) is 11.2 Å². The predicted molar refractivity (Wildman–Crippen MR) is 131 cm³/mol. The average molecular weight is 486 g/mol. The van der Waals surface area contributed by atoms with E-state index in [1.54, 1.807) is 0 Å². The number of hydrogen-bond donors (Lipinski definition) is 2. The molecular formula is C24H31ClF3N3S. The zero-order valence-corrected chi connectivity index (χ0v) is 20.5. The number of hydrogen-bond acceptors (Lipinski definition) is 3. The summed E-state index contributed by atoms with van der Waals surface area (Å²) in [4.78, 5) is 4.15. The first-order valence-corrected chi connectivity index (χ1v) is 11.4. The molecule has 1 fully saturated rings. The lowest BCUT2D eigenvalue weighted by molar-refractivity contribution is 0.171. The molecule has 2 N–H and O–H groups in total. The Morgan fingerprint density at radius 2 is 1.84 bits per heavy atom. The molecule has 0 aliphatic heterocycles. The van der Waals surface area contributed by atoms with Crippen molar-refractivity contribution in [1.29, 1.82) is 0 Å². The first-order chi connectivity index (χ1) is 14.9. The van der Waals surface area contributed by atoms with E-state index in [4.69, 9.17) is 17.3 Å². The van der Waals surface area contributed by atoms with Gasteiger partial charge < -0.3 is 10.3 Å². The van der Waals surface area contributed by atoms with Crippen molar-refractivity contribution in [2.24, 2.45) is 11.1 Å². The second kappa shape index (κ2) is 11.4. The van der Waals surface area contributed by atoms with Crippen molar-refractivity contribution >= 4 is 35.1 Å². The Hall–Kier alpha value is -1.70. The Kier molecular flexibility index (Phi) is 9.49. The number of aromatic nitrogens is 2. The minimum atomic E-state index is -2.17. The largest absolute Gasteiger partial charge is 0.347 e. The third kappa shape index (κ3) is 8.34. The molecule has 32 heavy (non-hydrogen) atoms. The monoisotopic (exact) mass is 485 g/mol. The SMILES string of the molecule is CC(C)(C)Cn1cc(CN)c2ccc(-c3ncc(Cl)cc3F)cc21.CC(F)F.SC1CC1. The molecule has 0 atom stereocenters. The maximum atomic E-state index is 14.2. The summed E-state index contributed by atoms with van der Waals surface area (Å²) in [5.74, 6) is -0.421. The number of nitrogens with two attached hydrogens (primary N) is 1. The van der Waals surface area contributed by atoms with Gasteiger partial charge in [-0.2, -0.15) is 12.6 Å². The quantitative estimate of drug-likeness (QED) is 0.381. The average Bonchev–Trinajstić information content (AvgIpc) is 3.38. The molecule has 1 saturated carbocycles. The Morgan fingerprint density at radius 1 is 1.25 bits per heavy atom. The first-order valence-electron chi connectivity index (χ1n) is 10.5. The van der Waals surface area contributed by atoms with Crippen molar-refractivity contribution in [1.82, 2.24) is 9.55 Å². The van der Waals surface area contributed by atoms with Crippen LogP contribution in [0.4, 0.5) is 13.2 Å². The number of alkyl halides is 2. The molecule has 8 heteroatoms. The normalized spacial score (nSPS) is 13.5. The van der Waals surface area contributed by atoms with Crippen LogP contribution in [0.3, 0.4) is 0 Å². The number of pyridine rings is 1. The fraction of sp³-hybridized carbons (Fsp3) is 0.458. The Balaban J connectivity index is 0.000000385. The van der Waals surface area contributed by atoms with E-state index in [2.05, 4.69) is 49.1 Å². The number of fused-ring (bicyclic) bond motifs is 1. The van der Waals surface area contributed by atoms with Gasteiger partial charge >= 0.3 is 0 Å². The van der Waals surface area contributed by atoms with Crippen LogP contribution in [0.2, 0.25) is 5.02 Å². The molecule has 2 aromatic heterocycles. The summed E-state index contributed by atoms with van der Waals surface area (Å²) in [7, 11) is 0. The minimum Gasteiger partial charge on any atom is -0.347 e. The summed E-state index contributed by atoms with van der Waals surface area (Å²) >= 11 is 9.88. The van der Waals surface area contributed by atoms with Crippen molar-refractivity contribution in [3.63, 3.8) is 0 Å². The van der Waals surface area contributed by atoms with Crippen LogP contribution in [0.25, 0.3) is 22.2 Å². The molecule has 0 spiro atoms. The Morgan fingerprint density at radius 3 is 2.31 bits per heavy atom. The lowest BCUT2D eigenvalue weighted by Crippen LogP contribution is -2.14. The van der Waals surface area contributed by atoms with Crippen molar-refractivity contribution < 1.29 is 13.2 Å². The molecule has 3 aromatic rings. The number of nitrogens with zero attached hydrogens (tertiary/aromatic N) is 2. The highest BCUT2D eigenvalue weighted by Crippen LogP contribution is 2.30. The molecule has 4 rings (SSSR count). The van der Waals surface area contributed by atoms with E-state index >= 15 is 0 Å². The maximum absolute atomic E-state index is 14.2. The summed E-state index contributed by atoms with van der Waals surface area (Å²) < 4.78 is 37.1. The highest BCUT2D eigenvalue weighted by Gasteiger charge is 2.17. The number of halogens is 4. The van der Waals surface area contributed by atoms with Crippen molar-refractivity contribution in [2.75, 3.05) is 0 Å². The third-order valence-electron chi connectivity index (χ3n) is 4.46. The summed E-state index contributed by atoms with van der Waals surface area (Å²) in [6.45, 7) is 8.71. The summed E-state index contributed by atoms with van der Waals surface area (Å²) in [5, 5.41) is 2.17. The summed E-state index contributed by atoms with van der Waals surface area (Å²) in [6.07, 6.45) is 4.08. The highest BCUT2D eigenvalue weighted by molar-refractivity contribution is 7.81. The third-order valence-corrected chi connectivity index (χ3v) is 5.18. The zero-order chi connectivity index (χ0) is 24.1. The van der Waals surface area contributed by atoms with Gasteiger partial charge in [0.25, 0.3) is 0 Å². The van der Waals surface area contributed by atoms with Gasteiger partial charge in [-0.05, 0) is 42.9 Å². The van der Waals surface area contributed by atoms with E-state index in [0.717, 1.165) is 40.7 Å². The smallest absolute Gasteiger partial charge is 0.235 e. The molecule has 0 saturated heterocycles. The van der Waals surface area contributed by atoms with Gasteiger partial charge in [-0.15, -0.1) is 0 Å². The molecular weight excluding hydrogens is 455 g/mol. The highest BCUT2D eigenvalue weighted by atomic mass is 35.5. The number of rotatable bonds is 3. The standard InChI is InChI=1S/C19H21ClFN3.C3H6S.C2H4F2/c1-19(2,3)11-24-10-13(8-22)15-5-4-12(6-17(15)24)18-16(21)7-14(20)9-23-18;4-3-1-2-3;1-2(3)4/h4-7,9-10H,8,11,22H2,1-3H3;3-4H,1-2H2;2H,1H3. The lowest BCUT2D eigenvalue weighted by Gasteiger charge is -2.20. The molecule has 0 unspecified atom stereocenters. The van der Waals surface area contributed by atoms with Crippen molar-refractivity contribution in [2.45, 2.75) is 65.3 Å². The van der Waals surface area contributed by atoms with Crippen molar-refractivity contribution in [3.8, 4) is 11.3 Å². The Labute approximate surface area is 198 Å². The Bertz CT molecular complexity index is 1020. The van der Waals surface area contributed by atoms with Gasteiger partial charge in [0.1, 0.15) is 5.69 Å². The van der Waals surface area contributed by atoms with Gasteiger partial charge in [-0.25, -0.2) is 13.2 Å². The maximum Gasteiger partial charge on any atom is 0.235 e. The van der Waals surface area contributed by atoms with Crippen LogP contribution in [-0.4, -0.2) is 21.2 Å². The van der Waals surface area contributed by atoms with Crippen LogP contribution in [-0.2, 0) is 13.1 Å². The molecule has 1 aliphatic rings. The predicted octanol–water partition coefficient (Wildman–Crippen LogP) is 7.35. The van der Waals surface area contributed by atoms with E-state index in [-0.39, 0.29) is 5.41 Å². The fourth-order valence-electron chi connectivity index (χ4n) is 3.02. The van der Waals surface area contributed by atoms with E-state index in [0.29, 0.717) is 17.3 Å². The number of benzene rings is 1. The van der Waals surface area contributed by atoms with E-state index in [1.807, 2.05) is 18.2 Å². The van der Waals surface area contributed by atoms with Gasteiger partial charge in [0, 0.05) is 47.2 Å². The molecule has 2 heterocycles. The second-order valence-corrected chi connectivity index (χ2v) is 10.2. The van der Waals surface area contributed by atoms with Gasteiger partial charge in [0.15, 0.2) is 5.82 Å². The summed E-state index contributed by atoms with van der Waals surface area (Å²) in [6, 6.07) is 7.12. The van der Waals surface area contributed by atoms with Crippen LogP contribution in [0.5, 0.6) is 0 Å². The molecule has 1 aromatic carbocycles. The van der Waals surface area contributed by atoms with Crippen molar-refractivity contribution in [3.05, 3.63) is 53.1 Å². The molecule has 0 radical (unpaired) electrons. The number of thiol groups is 1. The lowest BCUT2D eigenvalue weighted by atomic mass is 9.97. The van der Waals surface area contributed by atoms with E-state index < -0.39 is 12.2 Å². The summed E-state index contributed by atoms with van der Waals surface area (Å²) in [5.41, 5.74) is 9.17. The topological polar surface area (TPSA) is 43.8 Å². The molecule has 1 aliphatic carbocycles. The zero-order valence-electron chi connectivity index (χ0n) is 18.9. The van der Waals surface area contributed by atoms with Gasteiger partial charge in [-0.1, -0.05) is 44.5 Å². The van der Waals surface area contributed by atoms with Crippen LogP contribution >= 0.6 is 24.2 Å². The van der Waals surface area contributed by atoms with Gasteiger partial charge in [-0.3, -0.25) is 4.98 Å².